The van der Waals surface area contributed by atoms with Crippen molar-refractivity contribution in [1.82, 2.24) is 10.2 Å². The van der Waals surface area contributed by atoms with Crippen LogP contribution in [0.2, 0.25) is 0 Å². The lowest BCUT2D eigenvalue weighted by Crippen LogP contribution is -2.51. The van der Waals surface area contributed by atoms with E-state index < -0.39 is 0 Å². The summed E-state index contributed by atoms with van der Waals surface area (Å²) in [6.45, 7) is 0. The molecule has 0 radical (unpaired) electrons. The van der Waals surface area contributed by atoms with Gasteiger partial charge in [-0.1, -0.05) is 30.3 Å². The second-order valence-electron chi connectivity index (χ2n) is 5.84. The monoisotopic (exact) mass is 246 g/mol. The first kappa shape index (κ1) is 13.6. The normalized spacial score (nSPS) is 28.6. The highest BCUT2D eigenvalue weighted by Gasteiger charge is 2.36. The molecule has 0 bridgehead atoms. The minimum atomic E-state index is 0.356. The maximum Gasteiger partial charge on any atom is 0.0244 e. The zero-order valence-electron chi connectivity index (χ0n) is 11.9. The first-order valence-electron chi connectivity index (χ1n) is 7.05. The van der Waals surface area contributed by atoms with Gasteiger partial charge in [0.05, 0.1) is 0 Å². The zero-order valence-corrected chi connectivity index (χ0v) is 11.9. The molecule has 2 nitrogen and oxygen atoms in total. The number of rotatable bonds is 4. The van der Waals surface area contributed by atoms with E-state index in [0.29, 0.717) is 11.6 Å². The van der Waals surface area contributed by atoms with Gasteiger partial charge in [-0.15, -0.1) is 0 Å². The van der Waals surface area contributed by atoms with Gasteiger partial charge in [-0.2, -0.15) is 0 Å². The van der Waals surface area contributed by atoms with Crippen LogP contribution in [0.15, 0.2) is 30.3 Å². The molecule has 2 heteroatoms. The Morgan fingerprint density at radius 3 is 2.28 bits per heavy atom. The number of hydrogen-bond donors (Lipinski definition) is 1. The molecule has 2 rings (SSSR count). The van der Waals surface area contributed by atoms with E-state index in [-0.39, 0.29) is 0 Å². The Morgan fingerprint density at radius 1 is 1.17 bits per heavy atom. The predicted molar refractivity (Wildman–Crippen MR) is 77.9 cm³/mol. The summed E-state index contributed by atoms with van der Waals surface area (Å²) in [5.41, 5.74) is 1.82. The molecule has 1 fully saturated rings. The van der Waals surface area contributed by atoms with Gasteiger partial charge in [0.1, 0.15) is 0 Å². The summed E-state index contributed by atoms with van der Waals surface area (Å²) in [6.07, 6.45) is 6.35. The Morgan fingerprint density at radius 2 is 1.78 bits per heavy atom. The fourth-order valence-corrected chi connectivity index (χ4v) is 3.20. The molecule has 0 amide bonds. The Bertz CT molecular complexity index is 351. The molecule has 0 spiro atoms. The number of nitrogens with zero attached hydrogens (tertiary/aromatic N) is 1. The van der Waals surface area contributed by atoms with Crippen molar-refractivity contribution in [2.75, 3.05) is 21.1 Å². The maximum absolute atomic E-state index is 3.43. The van der Waals surface area contributed by atoms with Crippen LogP contribution in [0.25, 0.3) is 0 Å². The van der Waals surface area contributed by atoms with Crippen molar-refractivity contribution in [2.24, 2.45) is 0 Å². The summed E-state index contributed by atoms with van der Waals surface area (Å²) < 4.78 is 0. The average Bonchev–Trinajstić information content (AvgIpc) is 2.40. The number of likely N-dealkylation sites (N-methyl/N-ethyl adjacent to an activating group) is 1. The van der Waals surface area contributed by atoms with Gasteiger partial charge in [-0.3, -0.25) is 0 Å². The molecule has 100 valence electrons. The van der Waals surface area contributed by atoms with E-state index in [1.54, 1.807) is 0 Å². The molecule has 0 saturated heterocycles. The minimum Gasteiger partial charge on any atom is -0.317 e. The first-order valence-corrected chi connectivity index (χ1v) is 7.05. The van der Waals surface area contributed by atoms with E-state index in [4.69, 9.17) is 0 Å². The lowest BCUT2D eigenvalue weighted by molar-refractivity contribution is 0.0888. The van der Waals surface area contributed by atoms with Crippen LogP contribution in [0.5, 0.6) is 0 Å². The van der Waals surface area contributed by atoms with Gasteiger partial charge in [-0.05, 0) is 58.8 Å². The van der Waals surface area contributed by atoms with Crippen molar-refractivity contribution in [3.8, 4) is 0 Å². The lowest BCUT2D eigenvalue weighted by Gasteiger charge is -2.45. The van der Waals surface area contributed by atoms with Crippen molar-refractivity contribution in [3.05, 3.63) is 35.9 Å². The van der Waals surface area contributed by atoms with Crippen molar-refractivity contribution in [1.29, 1.82) is 0 Å². The second kappa shape index (κ2) is 5.85. The fraction of sp³-hybridized carbons (Fsp3) is 0.625. The summed E-state index contributed by atoms with van der Waals surface area (Å²) in [5.74, 6) is 0. The first-order chi connectivity index (χ1) is 8.66. The molecular weight excluding hydrogens is 220 g/mol. The Kier molecular flexibility index (Phi) is 4.41. The van der Waals surface area contributed by atoms with Crippen LogP contribution in [0, 0.1) is 0 Å². The molecule has 1 saturated carbocycles. The number of nitrogens with one attached hydrogen (secondary N) is 1. The van der Waals surface area contributed by atoms with Crippen LogP contribution in [0.4, 0.5) is 0 Å². The highest BCUT2D eigenvalue weighted by Crippen LogP contribution is 2.35. The topological polar surface area (TPSA) is 15.3 Å². The summed E-state index contributed by atoms with van der Waals surface area (Å²) in [6, 6.07) is 11.6. The lowest BCUT2D eigenvalue weighted by atomic mass is 9.75. The van der Waals surface area contributed by atoms with E-state index in [0.717, 1.165) is 0 Å². The van der Waals surface area contributed by atoms with Gasteiger partial charge in [0, 0.05) is 11.6 Å². The van der Waals surface area contributed by atoms with Crippen molar-refractivity contribution >= 4 is 0 Å². The van der Waals surface area contributed by atoms with Crippen LogP contribution in [-0.2, 0) is 6.42 Å². The molecule has 1 aliphatic carbocycles. The van der Waals surface area contributed by atoms with Crippen molar-refractivity contribution < 1.29 is 0 Å². The third-order valence-electron chi connectivity index (χ3n) is 4.65. The predicted octanol–water partition coefficient (Wildman–Crippen LogP) is 2.69. The summed E-state index contributed by atoms with van der Waals surface area (Å²) in [5, 5.41) is 3.43. The molecule has 1 N–H and O–H groups in total. The Balaban J connectivity index is 2.09. The van der Waals surface area contributed by atoms with Crippen LogP contribution in [0.3, 0.4) is 0 Å². The van der Waals surface area contributed by atoms with Gasteiger partial charge in [0.25, 0.3) is 0 Å². The van der Waals surface area contributed by atoms with Gasteiger partial charge in [0.15, 0.2) is 0 Å². The van der Waals surface area contributed by atoms with Crippen molar-refractivity contribution in [2.45, 2.75) is 43.7 Å². The molecule has 18 heavy (non-hydrogen) atoms. The standard InChI is InChI=1S/C16H26N2/c1-17-15-9-11-16(12-10-15,18(2)3)13-14-7-5-4-6-8-14/h4-8,15,17H,9-13H2,1-3H3. The molecule has 0 heterocycles. The SMILES string of the molecule is CNC1CCC(Cc2ccccc2)(N(C)C)CC1. The molecule has 0 aromatic heterocycles. The second-order valence-corrected chi connectivity index (χ2v) is 5.84. The van der Waals surface area contributed by atoms with E-state index in [9.17, 15) is 0 Å². The quantitative estimate of drug-likeness (QED) is 0.878. The van der Waals surface area contributed by atoms with Crippen LogP contribution in [-0.4, -0.2) is 37.6 Å². The molecular formula is C16H26N2. The van der Waals surface area contributed by atoms with E-state index >= 15 is 0 Å². The maximum atomic E-state index is 3.43. The number of hydrogen-bond acceptors (Lipinski definition) is 2. The average molecular weight is 246 g/mol. The third-order valence-corrected chi connectivity index (χ3v) is 4.65. The van der Waals surface area contributed by atoms with E-state index in [1.807, 2.05) is 0 Å². The highest BCUT2D eigenvalue weighted by molar-refractivity contribution is 5.18. The van der Waals surface area contributed by atoms with Crippen LogP contribution in [0.1, 0.15) is 31.2 Å². The summed E-state index contributed by atoms with van der Waals surface area (Å²) in [4.78, 5) is 2.45. The highest BCUT2D eigenvalue weighted by atomic mass is 15.1. The fourth-order valence-electron chi connectivity index (χ4n) is 3.20. The van der Waals surface area contributed by atoms with Gasteiger partial charge in [-0.25, -0.2) is 0 Å². The molecule has 1 aliphatic rings. The molecule has 0 atom stereocenters. The molecule has 0 aliphatic heterocycles. The molecule has 1 aromatic rings. The van der Waals surface area contributed by atoms with E-state index in [2.05, 4.69) is 61.7 Å². The van der Waals surface area contributed by atoms with Gasteiger partial charge in [0.2, 0.25) is 0 Å². The van der Waals surface area contributed by atoms with Crippen LogP contribution >= 0.6 is 0 Å². The Labute approximate surface area is 111 Å². The van der Waals surface area contributed by atoms with Gasteiger partial charge >= 0.3 is 0 Å². The summed E-state index contributed by atoms with van der Waals surface area (Å²) in [7, 11) is 6.57. The van der Waals surface area contributed by atoms with Gasteiger partial charge < -0.3 is 10.2 Å². The van der Waals surface area contributed by atoms with E-state index in [1.165, 1.54) is 37.7 Å². The number of benzene rings is 1. The molecule has 1 aromatic carbocycles. The van der Waals surface area contributed by atoms with Crippen LogP contribution < -0.4 is 5.32 Å². The third kappa shape index (κ3) is 2.93. The zero-order chi connectivity index (χ0) is 13.0. The largest absolute Gasteiger partial charge is 0.317 e. The summed E-state index contributed by atoms with van der Waals surface area (Å²) >= 11 is 0. The Hall–Kier alpha value is -0.860. The minimum absolute atomic E-state index is 0.356. The molecule has 0 unspecified atom stereocenters. The smallest absolute Gasteiger partial charge is 0.0244 e. The van der Waals surface area contributed by atoms with Crippen molar-refractivity contribution in [3.63, 3.8) is 0 Å².